The van der Waals surface area contributed by atoms with Gasteiger partial charge < -0.3 is 15.4 Å². The molecule has 6 rings (SSSR count). The van der Waals surface area contributed by atoms with Crippen LogP contribution in [0.1, 0.15) is 63.3 Å². The van der Waals surface area contributed by atoms with Gasteiger partial charge in [0.25, 0.3) is 0 Å². The van der Waals surface area contributed by atoms with E-state index in [9.17, 15) is 0 Å². The van der Waals surface area contributed by atoms with E-state index in [0.29, 0.717) is 18.0 Å². The molecule has 2 fully saturated rings. The lowest BCUT2D eigenvalue weighted by molar-refractivity contribution is 0.00791. The second-order valence-electron chi connectivity index (χ2n) is 11.2. The predicted octanol–water partition coefficient (Wildman–Crippen LogP) is 4.93. The van der Waals surface area contributed by atoms with Crippen molar-refractivity contribution >= 4 is 39.0 Å². The van der Waals surface area contributed by atoms with E-state index in [4.69, 9.17) is 14.7 Å². The summed E-state index contributed by atoms with van der Waals surface area (Å²) in [4.78, 5) is 15.2. The summed E-state index contributed by atoms with van der Waals surface area (Å²) in [5, 5.41) is 13.1. The van der Waals surface area contributed by atoms with Crippen molar-refractivity contribution in [3.63, 3.8) is 0 Å². The van der Waals surface area contributed by atoms with Crippen LogP contribution >= 0.6 is 11.3 Å². The van der Waals surface area contributed by atoms with Gasteiger partial charge in [0, 0.05) is 36.2 Å². The molecular formula is C26H37N7OS. The van der Waals surface area contributed by atoms with E-state index in [1.807, 2.05) is 28.4 Å². The van der Waals surface area contributed by atoms with Gasteiger partial charge in [0.2, 0.25) is 5.95 Å². The lowest BCUT2D eigenvalue weighted by atomic mass is 9.90. The normalized spacial score (nSPS) is 23.5. The van der Waals surface area contributed by atoms with Crippen molar-refractivity contribution in [2.24, 2.45) is 0 Å². The molecule has 3 aromatic rings. The molecule has 2 aliphatic carbocycles. The second kappa shape index (κ2) is 9.33. The van der Waals surface area contributed by atoms with Gasteiger partial charge in [0.1, 0.15) is 10.6 Å². The standard InChI is InChI=1S/C26H37N7OS/c1-26(2,3)33-16-18(15-27-33)29-25-30-23(22-20-5-4-6-21(20)35-24(22)31-25)28-17-7-9-19(10-8-17)32-11-13-34-14-12-32/h15-17,19H,4-14H2,1-3H3,(H2,28,29,30,31)/t17-,19-. The van der Waals surface area contributed by atoms with Gasteiger partial charge in [0.05, 0.1) is 36.0 Å². The average Bonchev–Trinajstić information content (AvgIpc) is 3.56. The van der Waals surface area contributed by atoms with Gasteiger partial charge in [-0.2, -0.15) is 10.1 Å². The lowest BCUT2D eigenvalue weighted by Crippen LogP contribution is -2.46. The molecule has 1 aliphatic heterocycles. The topological polar surface area (TPSA) is 80.1 Å². The van der Waals surface area contributed by atoms with Crippen LogP contribution in [-0.4, -0.2) is 63.0 Å². The van der Waals surface area contributed by atoms with E-state index in [0.717, 1.165) is 49.1 Å². The van der Waals surface area contributed by atoms with E-state index in [1.54, 1.807) is 0 Å². The number of nitrogens with zero attached hydrogens (tertiary/aromatic N) is 5. The third-order valence-electron chi connectivity index (χ3n) is 7.69. The SMILES string of the molecule is CC(C)(C)n1cc(Nc2nc(N[C@H]3CC[C@H](N4CCOCC4)CC3)c3c4c(sc3n2)CCC4)cn1. The molecule has 2 N–H and O–H groups in total. The molecule has 0 aromatic carbocycles. The van der Waals surface area contributed by atoms with Crippen LogP contribution < -0.4 is 10.6 Å². The van der Waals surface area contributed by atoms with Crippen LogP contribution in [0.5, 0.6) is 0 Å². The van der Waals surface area contributed by atoms with Crippen LogP contribution in [0, 0.1) is 0 Å². The highest BCUT2D eigenvalue weighted by atomic mass is 32.1. The minimum Gasteiger partial charge on any atom is -0.379 e. The third kappa shape index (κ3) is 4.78. The summed E-state index contributed by atoms with van der Waals surface area (Å²) in [6, 6.07) is 1.16. The molecule has 3 aliphatic rings. The van der Waals surface area contributed by atoms with Crippen LogP contribution in [0.25, 0.3) is 10.2 Å². The lowest BCUT2D eigenvalue weighted by Gasteiger charge is -2.39. The number of nitrogens with one attached hydrogen (secondary N) is 2. The van der Waals surface area contributed by atoms with Crippen LogP contribution in [-0.2, 0) is 23.1 Å². The summed E-state index contributed by atoms with van der Waals surface area (Å²) < 4.78 is 7.53. The molecule has 1 saturated heterocycles. The van der Waals surface area contributed by atoms with Crippen molar-refractivity contribution in [2.45, 2.75) is 83.3 Å². The minimum absolute atomic E-state index is 0.0634. The van der Waals surface area contributed by atoms with Gasteiger partial charge in [-0.1, -0.05) is 0 Å². The average molecular weight is 496 g/mol. The van der Waals surface area contributed by atoms with Crippen molar-refractivity contribution in [2.75, 3.05) is 36.9 Å². The molecule has 1 saturated carbocycles. The van der Waals surface area contributed by atoms with Gasteiger partial charge in [-0.25, -0.2) is 4.98 Å². The fourth-order valence-electron chi connectivity index (χ4n) is 5.76. The second-order valence-corrected chi connectivity index (χ2v) is 12.3. The summed E-state index contributed by atoms with van der Waals surface area (Å²) >= 11 is 1.85. The molecule has 3 aromatic heterocycles. The number of thiophene rings is 1. The minimum atomic E-state index is -0.0634. The first kappa shape index (κ1) is 23.2. The Morgan fingerprint density at radius 3 is 2.60 bits per heavy atom. The number of rotatable bonds is 5. The van der Waals surface area contributed by atoms with Crippen LogP contribution in [0.3, 0.4) is 0 Å². The van der Waals surface area contributed by atoms with Crippen LogP contribution in [0.15, 0.2) is 12.4 Å². The zero-order valence-corrected chi connectivity index (χ0v) is 22.0. The summed E-state index contributed by atoms with van der Waals surface area (Å²) in [5.74, 6) is 1.66. The zero-order valence-electron chi connectivity index (χ0n) is 21.1. The largest absolute Gasteiger partial charge is 0.379 e. The molecule has 4 heterocycles. The van der Waals surface area contributed by atoms with Gasteiger partial charge in [0.15, 0.2) is 0 Å². The maximum absolute atomic E-state index is 5.55. The highest BCUT2D eigenvalue weighted by Gasteiger charge is 2.29. The number of hydrogen-bond donors (Lipinski definition) is 2. The molecule has 35 heavy (non-hydrogen) atoms. The molecule has 188 valence electrons. The van der Waals surface area contributed by atoms with E-state index < -0.39 is 0 Å². The van der Waals surface area contributed by atoms with Crippen molar-refractivity contribution in [3.8, 4) is 0 Å². The fraction of sp³-hybridized carbons (Fsp3) is 0.654. The number of aryl methyl sites for hydroxylation is 2. The maximum atomic E-state index is 5.55. The Labute approximate surface area is 211 Å². The third-order valence-corrected chi connectivity index (χ3v) is 8.88. The van der Waals surface area contributed by atoms with E-state index in [1.165, 1.54) is 54.4 Å². The number of aromatic nitrogens is 4. The number of morpholine rings is 1. The molecule has 9 heteroatoms. The first-order chi connectivity index (χ1) is 16.9. The Bertz CT molecular complexity index is 1180. The summed E-state index contributed by atoms with van der Waals surface area (Å²) in [6.45, 7) is 10.4. The van der Waals surface area contributed by atoms with Crippen LogP contribution in [0.2, 0.25) is 0 Å². The Hall–Kier alpha value is -2.23. The summed E-state index contributed by atoms with van der Waals surface area (Å²) in [7, 11) is 0. The monoisotopic (exact) mass is 495 g/mol. The smallest absolute Gasteiger partial charge is 0.230 e. The number of anilines is 3. The van der Waals surface area contributed by atoms with Gasteiger partial charge in [-0.05, 0) is 71.3 Å². The molecule has 0 bridgehead atoms. The number of ether oxygens (including phenoxy) is 1. The van der Waals surface area contributed by atoms with Crippen LogP contribution in [0.4, 0.5) is 17.5 Å². The molecule has 0 amide bonds. The zero-order chi connectivity index (χ0) is 24.0. The highest BCUT2D eigenvalue weighted by Crippen LogP contribution is 2.41. The number of hydrogen-bond acceptors (Lipinski definition) is 8. The Kier molecular flexibility index (Phi) is 6.18. The summed E-state index contributed by atoms with van der Waals surface area (Å²) in [5.41, 5.74) is 2.33. The quantitative estimate of drug-likeness (QED) is 0.519. The highest BCUT2D eigenvalue weighted by molar-refractivity contribution is 7.19. The van der Waals surface area contributed by atoms with Crippen molar-refractivity contribution in [3.05, 3.63) is 22.8 Å². The Morgan fingerprint density at radius 2 is 1.86 bits per heavy atom. The Morgan fingerprint density at radius 1 is 1.06 bits per heavy atom. The van der Waals surface area contributed by atoms with Gasteiger partial charge in [-0.15, -0.1) is 11.3 Å². The molecule has 8 nitrogen and oxygen atoms in total. The number of fused-ring (bicyclic) bond motifs is 3. The van der Waals surface area contributed by atoms with Crippen molar-refractivity contribution < 1.29 is 4.74 Å². The first-order valence-electron chi connectivity index (χ1n) is 13.2. The molecule has 0 radical (unpaired) electrons. The van der Waals surface area contributed by atoms with E-state index >= 15 is 0 Å². The molecular weight excluding hydrogens is 458 g/mol. The van der Waals surface area contributed by atoms with Gasteiger partial charge in [-0.3, -0.25) is 9.58 Å². The fourth-order valence-corrected chi connectivity index (χ4v) is 7.02. The van der Waals surface area contributed by atoms with E-state index in [2.05, 4.69) is 41.4 Å². The molecule has 0 spiro atoms. The maximum Gasteiger partial charge on any atom is 0.230 e. The molecule has 0 atom stereocenters. The van der Waals surface area contributed by atoms with Crippen molar-refractivity contribution in [1.29, 1.82) is 0 Å². The first-order valence-corrected chi connectivity index (χ1v) is 14.0. The predicted molar refractivity (Wildman–Crippen MR) is 142 cm³/mol. The van der Waals surface area contributed by atoms with Crippen molar-refractivity contribution in [1.82, 2.24) is 24.6 Å². The Balaban J connectivity index is 1.23. The molecule has 0 unspecified atom stereocenters. The van der Waals surface area contributed by atoms with Gasteiger partial charge >= 0.3 is 0 Å². The summed E-state index contributed by atoms with van der Waals surface area (Å²) in [6.07, 6.45) is 12.3. The van der Waals surface area contributed by atoms with E-state index in [-0.39, 0.29) is 5.54 Å².